The van der Waals surface area contributed by atoms with Crippen molar-refractivity contribution in [1.82, 2.24) is 5.32 Å². The van der Waals surface area contributed by atoms with Gasteiger partial charge in [0.2, 0.25) is 0 Å². The van der Waals surface area contributed by atoms with Gasteiger partial charge in [-0.05, 0) is 36.4 Å². The fourth-order valence-electron chi connectivity index (χ4n) is 3.28. The molecule has 7 nitrogen and oxygen atoms in total. The molecule has 2 aliphatic rings. The van der Waals surface area contributed by atoms with E-state index in [0.29, 0.717) is 37.3 Å². The summed E-state index contributed by atoms with van der Waals surface area (Å²) >= 11 is 1.61. The van der Waals surface area contributed by atoms with Gasteiger partial charge in [-0.25, -0.2) is 0 Å². The first-order valence-corrected chi connectivity index (χ1v) is 10.8. The molecule has 154 valence electrons. The Morgan fingerprint density at radius 1 is 1.17 bits per heavy atom. The van der Waals surface area contributed by atoms with Crippen LogP contribution >= 0.6 is 11.3 Å². The van der Waals surface area contributed by atoms with Crippen molar-refractivity contribution in [1.29, 1.82) is 0 Å². The summed E-state index contributed by atoms with van der Waals surface area (Å²) < 4.78 is 11.3. The molecule has 29 heavy (non-hydrogen) atoms. The van der Waals surface area contributed by atoms with Crippen LogP contribution in [0.3, 0.4) is 0 Å². The number of benzene rings is 1. The highest BCUT2D eigenvalue weighted by atomic mass is 32.1. The average molecular weight is 417 g/mol. The third-order valence-corrected chi connectivity index (χ3v) is 5.75. The van der Waals surface area contributed by atoms with Crippen LogP contribution in [0.25, 0.3) is 0 Å². The van der Waals surface area contributed by atoms with E-state index < -0.39 is 0 Å². The van der Waals surface area contributed by atoms with Gasteiger partial charge >= 0.3 is 0 Å². The molecule has 1 aromatic carbocycles. The Morgan fingerprint density at radius 3 is 2.69 bits per heavy atom. The molecule has 4 rings (SSSR count). The summed E-state index contributed by atoms with van der Waals surface area (Å²) in [6, 6.07) is 9.91. The first kappa shape index (κ1) is 19.7. The molecule has 0 spiro atoms. The highest BCUT2D eigenvalue weighted by molar-refractivity contribution is 7.09. The van der Waals surface area contributed by atoms with Crippen molar-refractivity contribution in [3.8, 4) is 11.5 Å². The molecule has 2 amide bonds. The van der Waals surface area contributed by atoms with Crippen molar-refractivity contribution in [2.75, 3.05) is 38.3 Å². The number of likely N-dealkylation sites (N-methyl/N-ethyl adjacent to an activating group) is 1. The zero-order chi connectivity index (χ0) is 20.2. The van der Waals surface area contributed by atoms with Crippen molar-refractivity contribution in [3.05, 3.63) is 40.6 Å². The molecule has 8 heteroatoms. The Bertz CT molecular complexity index is 867. The summed E-state index contributed by atoms with van der Waals surface area (Å²) in [5.74, 6) is 1.32. The van der Waals surface area contributed by atoms with Gasteiger partial charge in [0.15, 0.2) is 24.6 Å². The van der Waals surface area contributed by atoms with Crippen molar-refractivity contribution in [2.45, 2.75) is 25.4 Å². The van der Waals surface area contributed by atoms with Crippen molar-refractivity contribution < 1.29 is 24.0 Å². The van der Waals surface area contributed by atoms with Crippen LogP contribution in [0.15, 0.2) is 35.7 Å². The van der Waals surface area contributed by atoms with Gasteiger partial charge in [-0.1, -0.05) is 6.07 Å². The molecule has 1 aliphatic heterocycles. The van der Waals surface area contributed by atoms with Crippen LogP contribution < -0.4 is 24.6 Å². The fourth-order valence-corrected chi connectivity index (χ4v) is 3.97. The molecule has 1 atom stereocenters. The number of fused-ring (bicyclic) bond motifs is 1. The number of anilines is 1. The molecule has 0 saturated heterocycles. The second-order valence-electron chi connectivity index (χ2n) is 7.54. The molecule has 1 unspecified atom stereocenters. The molecule has 2 aromatic rings. The van der Waals surface area contributed by atoms with Gasteiger partial charge in [0, 0.05) is 22.7 Å². The summed E-state index contributed by atoms with van der Waals surface area (Å²) in [6.07, 6.45) is 2.12. The number of amides is 2. The summed E-state index contributed by atoms with van der Waals surface area (Å²) in [5, 5.41) is 4.98. The van der Waals surface area contributed by atoms with E-state index in [9.17, 15) is 9.59 Å². The third-order valence-electron chi connectivity index (χ3n) is 4.89. The van der Waals surface area contributed by atoms with Crippen LogP contribution in [0.2, 0.25) is 0 Å². The smallest absolute Gasteiger partial charge is 0.282 e. The van der Waals surface area contributed by atoms with Crippen LogP contribution in [-0.2, 0) is 16.1 Å². The zero-order valence-electron chi connectivity index (χ0n) is 16.5. The second-order valence-corrected chi connectivity index (χ2v) is 8.57. The van der Waals surface area contributed by atoms with Crippen molar-refractivity contribution in [3.63, 3.8) is 0 Å². The van der Waals surface area contributed by atoms with Crippen LogP contribution in [0.1, 0.15) is 17.7 Å². The van der Waals surface area contributed by atoms with Gasteiger partial charge in [-0.3, -0.25) is 9.59 Å². The minimum absolute atomic E-state index is 0.00179. The van der Waals surface area contributed by atoms with Crippen LogP contribution in [0, 0.1) is 0 Å². The predicted octanol–water partition coefficient (Wildman–Crippen LogP) is 0.846. The number of quaternary nitrogens is 1. The van der Waals surface area contributed by atoms with Crippen LogP contribution in [0.4, 0.5) is 5.69 Å². The quantitative estimate of drug-likeness (QED) is 0.669. The Balaban J connectivity index is 1.47. The molecule has 2 N–H and O–H groups in total. The Labute approximate surface area is 174 Å². The maximum Gasteiger partial charge on any atom is 0.282 e. The molecule has 0 bridgehead atoms. The van der Waals surface area contributed by atoms with Gasteiger partial charge in [-0.15, -0.1) is 11.3 Å². The Kier molecular flexibility index (Phi) is 6.01. The molecule has 2 heterocycles. The molecular weight excluding hydrogens is 390 g/mol. The highest BCUT2D eigenvalue weighted by Crippen LogP contribution is 2.34. The van der Waals surface area contributed by atoms with Crippen LogP contribution in [-0.4, -0.2) is 51.2 Å². The van der Waals surface area contributed by atoms with E-state index >= 15 is 0 Å². The standard InChI is InChI=1S/C21H25N3O4S/c1-23(13-20(25)22-15-4-5-15)14-21(26)24(12-17-3-2-10-29-17)16-6-7-18-19(11-16)28-9-8-27-18/h2-3,6-7,10-11,15H,4-5,8-9,12-14H2,1H3,(H,22,25)/p+1. The maximum absolute atomic E-state index is 13.2. The lowest BCUT2D eigenvalue weighted by Gasteiger charge is -2.26. The molecular formula is C21H26N3O4S+. The lowest BCUT2D eigenvalue weighted by molar-refractivity contribution is -0.862. The number of hydrogen-bond donors (Lipinski definition) is 2. The normalized spacial score (nSPS) is 16.2. The number of rotatable bonds is 8. The maximum atomic E-state index is 13.2. The number of carbonyl (C=O) groups excluding carboxylic acids is 2. The van der Waals surface area contributed by atoms with E-state index in [1.165, 1.54) is 0 Å². The SMILES string of the molecule is C[NH+](CC(=O)NC1CC1)CC(=O)N(Cc1cccs1)c1ccc2c(c1)OCCO2. The van der Waals surface area contributed by atoms with E-state index in [1.54, 1.807) is 16.2 Å². The summed E-state index contributed by atoms with van der Waals surface area (Å²) in [7, 11) is 1.87. The lowest BCUT2D eigenvalue weighted by atomic mass is 10.2. The average Bonchev–Trinajstić information content (AvgIpc) is 3.36. The molecule has 1 aliphatic carbocycles. The van der Waals surface area contributed by atoms with E-state index in [2.05, 4.69) is 5.32 Å². The van der Waals surface area contributed by atoms with Gasteiger partial charge < -0.3 is 24.6 Å². The Hall–Kier alpha value is -2.58. The highest BCUT2D eigenvalue weighted by Gasteiger charge is 2.27. The molecule has 1 fully saturated rings. The topological polar surface area (TPSA) is 72.3 Å². The third kappa shape index (κ3) is 5.27. The summed E-state index contributed by atoms with van der Waals surface area (Å²) in [4.78, 5) is 28.9. The van der Waals surface area contributed by atoms with Gasteiger partial charge in [0.25, 0.3) is 11.8 Å². The monoisotopic (exact) mass is 416 g/mol. The molecule has 1 aromatic heterocycles. The van der Waals surface area contributed by atoms with E-state index in [-0.39, 0.29) is 24.9 Å². The minimum Gasteiger partial charge on any atom is -0.486 e. The largest absolute Gasteiger partial charge is 0.486 e. The van der Waals surface area contributed by atoms with Crippen molar-refractivity contribution in [2.24, 2.45) is 0 Å². The number of ether oxygens (including phenoxy) is 2. The number of nitrogens with zero attached hydrogens (tertiary/aromatic N) is 1. The van der Waals surface area contributed by atoms with E-state index in [0.717, 1.165) is 28.3 Å². The zero-order valence-corrected chi connectivity index (χ0v) is 17.3. The lowest BCUT2D eigenvalue weighted by Crippen LogP contribution is -3.11. The first-order valence-electron chi connectivity index (χ1n) is 9.91. The summed E-state index contributed by atoms with van der Waals surface area (Å²) in [5.41, 5.74) is 0.767. The predicted molar refractivity (Wildman–Crippen MR) is 111 cm³/mol. The minimum atomic E-state index is -0.0354. The number of carbonyl (C=O) groups is 2. The van der Waals surface area contributed by atoms with E-state index in [1.807, 2.05) is 42.8 Å². The Morgan fingerprint density at radius 2 is 1.97 bits per heavy atom. The number of hydrogen-bond acceptors (Lipinski definition) is 5. The fraction of sp³-hybridized carbons (Fsp3) is 0.429. The van der Waals surface area contributed by atoms with Crippen molar-refractivity contribution >= 4 is 28.8 Å². The number of thiophene rings is 1. The van der Waals surface area contributed by atoms with Gasteiger partial charge in [0.05, 0.1) is 13.6 Å². The second kappa shape index (κ2) is 8.84. The van der Waals surface area contributed by atoms with E-state index in [4.69, 9.17) is 9.47 Å². The molecule has 0 radical (unpaired) electrons. The van der Waals surface area contributed by atoms with Crippen LogP contribution in [0.5, 0.6) is 11.5 Å². The van der Waals surface area contributed by atoms with Gasteiger partial charge in [-0.2, -0.15) is 0 Å². The van der Waals surface area contributed by atoms with Gasteiger partial charge in [0.1, 0.15) is 13.2 Å². The summed E-state index contributed by atoms with van der Waals surface area (Å²) in [6.45, 7) is 2.03. The first-order chi connectivity index (χ1) is 14.1. The molecule has 1 saturated carbocycles. The number of nitrogens with one attached hydrogen (secondary N) is 2.